The van der Waals surface area contributed by atoms with Gasteiger partial charge in [0, 0.05) is 57.6 Å². The summed E-state index contributed by atoms with van der Waals surface area (Å²) in [6, 6.07) is 14.3. The third kappa shape index (κ3) is 6.20. The first-order valence-corrected chi connectivity index (χ1v) is 11.8. The Morgan fingerprint density at radius 2 is 1.66 bits per heavy atom. The Hall–Kier alpha value is -3.81. The van der Waals surface area contributed by atoms with Crippen molar-refractivity contribution in [2.45, 2.75) is 26.8 Å². The summed E-state index contributed by atoms with van der Waals surface area (Å²) in [6.07, 6.45) is 3.20. The molecule has 1 fully saturated rings. The number of hydrogen-bond donors (Lipinski definition) is 0. The molecule has 1 aromatic heterocycles. The van der Waals surface area contributed by atoms with Crippen molar-refractivity contribution < 1.29 is 14.0 Å². The van der Waals surface area contributed by atoms with Crippen LogP contribution in [0.25, 0.3) is 0 Å². The second kappa shape index (κ2) is 11.1. The molecule has 0 bridgehead atoms. The minimum atomic E-state index is -0.337. The number of piperazine rings is 1. The Bertz CT molecular complexity index is 1160. The largest absolute Gasteiger partial charge is 0.368 e. The highest BCUT2D eigenvalue weighted by atomic mass is 19.1. The predicted octanol–water partition coefficient (Wildman–Crippen LogP) is 3.61. The van der Waals surface area contributed by atoms with E-state index in [4.69, 9.17) is 0 Å². The molecule has 3 aromatic rings. The zero-order valence-electron chi connectivity index (χ0n) is 20.2. The normalized spacial score (nSPS) is 13.6. The van der Waals surface area contributed by atoms with Crippen molar-refractivity contribution in [2.75, 3.05) is 37.6 Å². The van der Waals surface area contributed by atoms with E-state index in [0.29, 0.717) is 18.8 Å². The minimum absolute atomic E-state index is 0.0151. The van der Waals surface area contributed by atoms with Crippen LogP contribution in [0.3, 0.4) is 0 Å². The number of carbonyl (C=O) groups excluding carboxylic acids is 2. The van der Waals surface area contributed by atoms with Gasteiger partial charge in [0.15, 0.2) is 0 Å². The summed E-state index contributed by atoms with van der Waals surface area (Å²) in [7, 11) is 0. The zero-order chi connectivity index (χ0) is 24.8. The predicted molar refractivity (Wildman–Crippen MR) is 132 cm³/mol. The molecule has 2 heterocycles. The maximum Gasteiger partial charge on any atom is 0.274 e. The number of para-hydroxylation sites is 1. The summed E-state index contributed by atoms with van der Waals surface area (Å²) in [5.74, 6) is -0.628. The van der Waals surface area contributed by atoms with Gasteiger partial charge < -0.3 is 14.7 Å². The maximum absolute atomic E-state index is 13.4. The lowest BCUT2D eigenvalue weighted by Crippen LogP contribution is -2.49. The molecule has 0 radical (unpaired) electrons. The Morgan fingerprint density at radius 1 is 0.943 bits per heavy atom. The zero-order valence-corrected chi connectivity index (χ0v) is 20.2. The molecule has 2 amide bonds. The third-order valence-corrected chi connectivity index (χ3v) is 6.26. The van der Waals surface area contributed by atoms with Gasteiger partial charge >= 0.3 is 0 Å². The van der Waals surface area contributed by atoms with Gasteiger partial charge in [-0.05, 0) is 43.2 Å². The lowest BCUT2D eigenvalue weighted by molar-refractivity contribution is -0.131. The molecule has 0 N–H and O–H groups in total. The number of amides is 2. The number of nitrogens with zero attached hydrogens (tertiary/aromatic N) is 5. The molecular formula is C27H30FN5O2. The van der Waals surface area contributed by atoms with Crippen molar-refractivity contribution in [1.82, 2.24) is 19.8 Å². The molecule has 1 aliphatic rings. The number of aromatic nitrogens is 2. The first-order valence-electron chi connectivity index (χ1n) is 11.8. The topological polar surface area (TPSA) is 69.6 Å². The summed E-state index contributed by atoms with van der Waals surface area (Å²) in [4.78, 5) is 40.3. The van der Waals surface area contributed by atoms with Crippen molar-refractivity contribution in [3.05, 3.63) is 89.3 Å². The Balaban J connectivity index is 1.39. The Labute approximate surface area is 205 Å². The monoisotopic (exact) mass is 475 g/mol. The number of halogens is 1. The molecule has 0 saturated carbocycles. The second-order valence-electron chi connectivity index (χ2n) is 8.80. The van der Waals surface area contributed by atoms with E-state index < -0.39 is 0 Å². The molecule has 0 aliphatic carbocycles. The number of anilines is 1. The van der Waals surface area contributed by atoms with Gasteiger partial charge in [-0.1, -0.05) is 30.3 Å². The molecule has 0 unspecified atom stereocenters. The molecule has 4 rings (SSSR count). The number of carbonyl (C=O) groups is 2. The lowest BCUT2D eigenvalue weighted by Gasteiger charge is -2.37. The van der Waals surface area contributed by atoms with Crippen molar-refractivity contribution in [1.29, 1.82) is 0 Å². The quantitative estimate of drug-likeness (QED) is 0.522. The Kier molecular flexibility index (Phi) is 7.70. The minimum Gasteiger partial charge on any atom is -0.368 e. The van der Waals surface area contributed by atoms with Crippen LogP contribution in [0.2, 0.25) is 0 Å². The highest BCUT2D eigenvalue weighted by molar-refractivity contribution is 5.92. The van der Waals surface area contributed by atoms with Crippen LogP contribution in [0, 0.1) is 19.7 Å². The molecule has 7 nitrogen and oxygen atoms in total. The molecule has 35 heavy (non-hydrogen) atoms. The average Bonchev–Trinajstić information content (AvgIpc) is 2.88. The number of benzene rings is 2. The van der Waals surface area contributed by atoms with Crippen LogP contribution in [-0.4, -0.2) is 64.3 Å². The number of hydrogen-bond acceptors (Lipinski definition) is 5. The SMILES string of the molecule is Cc1cnc(C(=O)N(CCC(=O)N2CCN(c3ccccc3C)CC2)Cc2ccc(F)cc2)cn1. The van der Waals surface area contributed by atoms with E-state index in [9.17, 15) is 14.0 Å². The van der Waals surface area contributed by atoms with Gasteiger partial charge in [-0.15, -0.1) is 0 Å². The van der Waals surface area contributed by atoms with Gasteiger partial charge in [0.25, 0.3) is 5.91 Å². The molecule has 2 aromatic carbocycles. The van der Waals surface area contributed by atoms with E-state index in [2.05, 4.69) is 33.9 Å². The molecule has 182 valence electrons. The van der Waals surface area contributed by atoms with E-state index in [1.807, 2.05) is 17.0 Å². The van der Waals surface area contributed by atoms with Crippen LogP contribution in [0.1, 0.15) is 33.7 Å². The fourth-order valence-corrected chi connectivity index (χ4v) is 4.23. The molecule has 0 spiro atoms. The van der Waals surface area contributed by atoms with Gasteiger partial charge in [0.05, 0.1) is 11.9 Å². The van der Waals surface area contributed by atoms with Gasteiger partial charge in [-0.25, -0.2) is 9.37 Å². The van der Waals surface area contributed by atoms with Crippen molar-refractivity contribution in [2.24, 2.45) is 0 Å². The molecule has 8 heteroatoms. The summed E-state index contributed by atoms with van der Waals surface area (Å²) in [5, 5.41) is 0. The number of aryl methyl sites for hydroxylation is 2. The van der Waals surface area contributed by atoms with Crippen LogP contribution in [0.15, 0.2) is 60.9 Å². The fourth-order valence-electron chi connectivity index (χ4n) is 4.23. The lowest BCUT2D eigenvalue weighted by atomic mass is 10.1. The van der Waals surface area contributed by atoms with Gasteiger partial charge in [0.2, 0.25) is 5.91 Å². The summed E-state index contributed by atoms with van der Waals surface area (Å²) in [6.45, 7) is 7.21. The highest BCUT2D eigenvalue weighted by Crippen LogP contribution is 2.21. The van der Waals surface area contributed by atoms with Gasteiger partial charge in [-0.2, -0.15) is 0 Å². The van der Waals surface area contributed by atoms with Crippen LogP contribution < -0.4 is 4.90 Å². The molecule has 1 aliphatic heterocycles. The molecular weight excluding hydrogens is 445 g/mol. The highest BCUT2D eigenvalue weighted by Gasteiger charge is 2.24. The van der Waals surface area contributed by atoms with E-state index in [-0.39, 0.29) is 42.8 Å². The number of rotatable bonds is 7. The second-order valence-corrected chi connectivity index (χ2v) is 8.80. The van der Waals surface area contributed by atoms with Crippen LogP contribution >= 0.6 is 0 Å². The molecule has 0 atom stereocenters. The fraction of sp³-hybridized carbons (Fsp3) is 0.333. The van der Waals surface area contributed by atoms with Crippen molar-refractivity contribution >= 4 is 17.5 Å². The standard InChI is InChI=1S/C27H30FN5O2/c1-20-5-3-4-6-25(20)31-13-15-32(16-14-31)26(34)11-12-33(19-22-7-9-23(28)10-8-22)27(35)24-18-29-21(2)17-30-24/h3-10,17-18H,11-16,19H2,1-2H3. The first kappa shape index (κ1) is 24.3. The first-order chi connectivity index (χ1) is 16.9. The van der Waals surface area contributed by atoms with E-state index in [1.54, 1.807) is 30.2 Å². The van der Waals surface area contributed by atoms with Gasteiger partial charge in [-0.3, -0.25) is 14.6 Å². The summed E-state index contributed by atoms with van der Waals surface area (Å²) in [5.41, 5.74) is 4.14. The van der Waals surface area contributed by atoms with E-state index in [1.165, 1.54) is 29.6 Å². The van der Waals surface area contributed by atoms with Crippen LogP contribution in [-0.2, 0) is 11.3 Å². The summed E-state index contributed by atoms with van der Waals surface area (Å²) < 4.78 is 13.4. The summed E-state index contributed by atoms with van der Waals surface area (Å²) >= 11 is 0. The van der Waals surface area contributed by atoms with Gasteiger partial charge in [0.1, 0.15) is 11.5 Å². The average molecular weight is 476 g/mol. The maximum atomic E-state index is 13.4. The van der Waals surface area contributed by atoms with E-state index >= 15 is 0 Å². The van der Waals surface area contributed by atoms with E-state index in [0.717, 1.165) is 18.7 Å². The van der Waals surface area contributed by atoms with Crippen molar-refractivity contribution in [3.8, 4) is 0 Å². The van der Waals surface area contributed by atoms with Crippen LogP contribution in [0.5, 0.6) is 0 Å². The smallest absolute Gasteiger partial charge is 0.274 e. The Morgan fingerprint density at radius 3 is 2.31 bits per heavy atom. The van der Waals surface area contributed by atoms with Crippen molar-refractivity contribution in [3.63, 3.8) is 0 Å². The molecule has 1 saturated heterocycles. The third-order valence-electron chi connectivity index (χ3n) is 6.26. The van der Waals surface area contributed by atoms with Crippen LogP contribution in [0.4, 0.5) is 10.1 Å².